The Morgan fingerprint density at radius 1 is 1.21 bits per heavy atom. The van der Waals surface area contributed by atoms with Crippen LogP contribution in [0.25, 0.3) is 0 Å². The number of hydrogen-bond acceptors (Lipinski definition) is 6. The molecule has 0 fully saturated rings. The van der Waals surface area contributed by atoms with Crippen molar-refractivity contribution in [1.82, 2.24) is 10.2 Å². The summed E-state index contributed by atoms with van der Waals surface area (Å²) >= 11 is 5.97. The smallest absolute Gasteiger partial charge is 0.270 e. The molecule has 0 aliphatic heterocycles. The number of oxime groups is 1. The summed E-state index contributed by atoms with van der Waals surface area (Å²) in [6.07, 6.45) is 1.24. The molecule has 24 heavy (non-hydrogen) atoms. The highest BCUT2D eigenvalue weighted by Gasteiger charge is 2.17. The van der Waals surface area contributed by atoms with Gasteiger partial charge in [0, 0.05) is 10.6 Å². The van der Waals surface area contributed by atoms with Crippen molar-refractivity contribution in [2.45, 2.75) is 6.61 Å². The van der Waals surface area contributed by atoms with Crippen LogP contribution in [0.15, 0.2) is 64.5 Å². The first kappa shape index (κ1) is 16.0. The first-order valence-electron chi connectivity index (χ1n) is 7.12. The third-order valence-electron chi connectivity index (χ3n) is 3.21. The number of ether oxygens (including phenoxy) is 1. The second-order valence-corrected chi connectivity index (χ2v) is 5.21. The quantitative estimate of drug-likeness (QED) is 0.504. The number of aromatic nitrogens is 2. The Labute approximate surface area is 143 Å². The summed E-state index contributed by atoms with van der Waals surface area (Å²) < 4.78 is 11.1. The molecule has 0 radical (unpaired) electrons. The molecule has 3 aromatic rings. The summed E-state index contributed by atoms with van der Waals surface area (Å²) in [7, 11) is 1.46. The van der Waals surface area contributed by atoms with E-state index in [4.69, 9.17) is 25.6 Å². The Balaban J connectivity index is 1.88. The molecule has 0 bridgehead atoms. The van der Waals surface area contributed by atoms with Crippen LogP contribution in [0.5, 0.6) is 5.75 Å². The van der Waals surface area contributed by atoms with E-state index in [1.807, 2.05) is 36.4 Å². The Morgan fingerprint density at radius 3 is 2.83 bits per heavy atom. The number of nitrogens with zero attached hydrogens (tertiary/aromatic N) is 3. The van der Waals surface area contributed by atoms with E-state index in [-0.39, 0.29) is 5.89 Å². The van der Waals surface area contributed by atoms with Gasteiger partial charge in [0.2, 0.25) is 6.39 Å². The van der Waals surface area contributed by atoms with Crippen LogP contribution in [0, 0.1) is 0 Å². The van der Waals surface area contributed by atoms with Gasteiger partial charge in [0.1, 0.15) is 19.5 Å². The maximum Gasteiger partial charge on any atom is 0.270 e. The molecule has 0 atom stereocenters. The van der Waals surface area contributed by atoms with Crippen LogP contribution in [-0.2, 0) is 11.4 Å². The third kappa shape index (κ3) is 3.72. The highest BCUT2D eigenvalue weighted by molar-refractivity contribution is 6.30. The molecule has 1 heterocycles. The van der Waals surface area contributed by atoms with Crippen LogP contribution in [0.2, 0.25) is 5.02 Å². The second-order valence-electron chi connectivity index (χ2n) is 4.77. The van der Waals surface area contributed by atoms with E-state index in [0.717, 1.165) is 11.1 Å². The van der Waals surface area contributed by atoms with Crippen LogP contribution in [0.1, 0.15) is 17.0 Å². The molecule has 0 aliphatic carbocycles. The molecule has 0 N–H and O–H groups in total. The molecular formula is C17H14ClN3O3. The van der Waals surface area contributed by atoms with E-state index in [1.165, 1.54) is 13.5 Å². The molecule has 0 spiro atoms. The Bertz CT molecular complexity index is 835. The number of benzene rings is 2. The number of hydrogen-bond donors (Lipinski definition) is 0. The van der Waals surface area contributed by atoms with E-state index in [2.05, 4.69) is 15.4 Å². The van der Waals surface area contributed by atoms with E-state index in [0.29, 0.717) is 23.1 Å². The van der Waals surface area contributed by atoms with Gasteiger partial charge < -0.3 is 14.0 Å². The largest absolute Gasteiger partial charge is 0.489 e. The van der Waals surface area contributed by atoms with E-state index < -0.39 is 0 Å². The highest BCUT2D eigenvalue weighted by Crippen LogP contribution is 2.20. The fourth-order valence-corrected chi connectivity index (χ4v) is 2.35. The lowest BCUT2D eigenvalue weighted by molar-refractivity contribution is 0.213. The molecule has 1 aromatic heterocycles. The van der Waals surface area contributed by atoms with Gasteiger partial charge in [-0.2, -0.15) is 0 Å². The average molecular weight is 344 g/mol. The predicted octanol–water partition coefficient (Wildman–Crippen LogP) is 3.70. The summed E-state index contributed by atoms with van der Waals surface area (Å²) in [6, 6.07) is 14.8. The average Bonchev–Trinajstić information content (AvgIpc) is 3.13. The predicted molar refractivity (Wildman–Crippen MR) is 89.2 cm³/mol. The molecule has 0 aliphatic rings. The minimum Gasteiger partial charge on any atom is -0.489 e. The third-order valence-corrected chi connectivity index (χ3v) is 3.44. The van der Waals surface area contributed by atoms with Gasteiger partial charge in [-0.1, -0.05) is 47.1 Å². The fourth-order valence-electron chi connectivity index (χ4n) is 2.17. The van der Waals surface area contributed by atoms with Crippen LogP contribution < -0.4 is 4.74 Å². The van der Waals surface area contributed by atoms with Crippen molar-refractivity contribution in [1.29, 1.82) is 0 Å². The van der Waals surface area contributed by atoms with Gasteiger partial charge in [-0.3, -0.25) is 0 Å². The molecule has 6 nitrogen and oxygen atoms in total. The zero-order valence-electron chi connectivity index (χ0n) is 12.8. The minimum absolute atomic E-state index is 0.270. The normalized spacial score (nSPS) is 11.3. The van der Waals surface area contributed by atoms with Crippen molar-refractivity contribution in [2.24, 2.45) is 5.16 Å². The topological polar surface area (TPSA) is 69.7 Å². The van der Waals surface area contributed by atoms with E-state index >= 15 is 0 Å². The zero-order valence-corrected chi connectivity index (χ0v) is 13.6. The standard InChI is InChI=1S/C17H14ClN3O3/c1-22-21-16(17-20-19-11-24-17)15-8-3-2-5-12(15)10-23-14-7-4-6-13(18)9-14/h2-9,11H,10H2,1H3/b21-16+. The van der Waals surface area contributed by atoms with E-state index in [9.17, 15) is 0 Å². The summed E-state index contributed by atoms with van der Waals surface area (Å²) in [6.45, 7) is 0.327. The Morgan fingerprint density at radius 2 is 2.08 bits per heavy atom. The minimum atomic E-state index is 0.270. The van der Waals surface area contributed by atoms with Crippen molar-refractivity contribution >= 4 is 17.3 Å². The van der Waals surface area contributed by atoms with E-state index in [1.54, 1.807) is 12.1 Å². The van der Waals surface area contributed by atoms with Crippen molar-refractivity contribution in [3.05, 3.63) is 77.0 Å². The van der Waals surface area contributed by atoms with Crippen molar-refractivity contribution in [3.8, 4) is 5.75 Å². The van der Waals surface area contributed by atoms with Crippen LogP contribution >= 0.6 is 11.6 Å². The molecular weight excluding hydrogens is 330 g/mol. The van der Waals surface area contributed by atoms with Crippen molar-refractivity contribution in [3.63, 3.8) is 0 Å². The van der Waals surface area contributed by atoms with Crippen LogP contribution in [0.3, 0.4) is 0 Å². The molecule has 7 heteroatoms. The van der Waals surface area contributed by atoms with Crippen LogP contribution in [-0.4, -0.2) is 23.0 Å². The van der Waals surface area contributed by atoms with Gasteiger partial charge in [-0.05, 0) is 23.8 Å². The maximum atomic E-state index is 5.97. The lowest BCUT2D eigenvalue weighted by atomic mass is 10.0. The summed E-state index contributed by atoms with van der Waals surface area (Å²) in [5, 5.41) is 12.2. The van der Waals surface area contributed by atoms with Gasteiger partial charge in [0.25, 0.3) is 5.89 Å². The van der Waals surface area contributed by atoms with Gasteiger partial charge in [-0.25, -0.2) is 0 Å². The lowest BCUT2D eigenvalue weighted by Crippen LogP contribution is -2.10. The monoisotopic (exact) mass is 343 g/mol. The summed E-state index contributed by atoms with van der Waals surface area (Å²) in [5.41, 5.74) is 2.12. The lowest BCUT2D eigenvalue weighted by Gasteiger charge is -2.11. The number of rotatable bonds is 6. The fraction of sp³-hybridized carbons (Fsp3) is 0.118. The van der Waals surface area contributed by atoms with Crippen LogP contribution in [0.4, 0.5) is 0 Å². The van der Waals surface area contributed by atoms with Crippen molar-refractivity contribution in [2.75, 3.05) is 7.11 Å². The molecule has 3 rings (SSSR count). The molecule has 0 amide bonds. The maximum absolute atomic E-state index is 5.97. The molecule has 0 saturated heterocycles. The molecule has 2 aromatic carbocycles. The first-order chi connectivity index (χ1) is 11.8. The molecule has 0 saturated carbocycles. The van der Waals surface area contributed by atoms with Crippen molar-refractivity contribution < 1.29 is 14.0 Å². The molecule has 0 unspecified atom stereocenters. The Hall–Kier alpha value is -2.86. The van der Waals surface area contributed by atoms with Gasteiger partial charge in [0.05, 0.1) is 0 Å². The summed E-state index contributed by atoms with van der Waals surface area (Å²) in [5.74, 6) is 0.951. The van der Waals surface area contributed by atoms with Gasteiger partial charge >= 0.3 is 0 Å². The summed E-state index contributed by atoms with van der Waals surface area (Å²) in [4.78, 5) is 4.92. The SMILES string of the molecule is CO/N=C(/c1nnco1)c1ccccc1COc1cccc(Cl)c1. The number of halogens is 1. The second kappa shape index (κ2) is 7.61. The first-order valence-corrected chi connectivity index (χ1v) is 7.50. The molecule has 122 valence electrons. The Kier molecular flexibility index (Phi) is 5.08. The van der Waals surface area contributed by atoms with Gasteiger partial charge in [-0.15, -0.1) is 10.2 Å². The zero-order chi connectivity index (χ0) is 16.8. The van der Waals surface area contributed by atoms with Gasteiger partial charge in [0.15, 0.2) is 5.71 Å². The highest BCUT2D eigenvalue weighted by atomic mass is 35.5.